The van der Waals surface area contributed by atoms with Crippen LogP contribution in [0.25, 0.3) is 0 Å². The second kappa shape index (κ2) is 6.61. The van der Waals surface area contributed by atoms with Crippen LogP contribution in [-0.4, -0.2) is 6.61 Å². The van der Waals surface area contributed by atoms with Gasteiger partial charge in [0, 0.05) is 9.35 Å². The first kappa shape index (κ1) is 15.4. The molecule has 0 spiro atoms. The third-order valence-electron chi connectivity index (χ3n) is 2.71. The van der Waals surface area contributed by atoms with E-state index in [0.29, 0.717) is 6.61 Å². The summed E-state index contributed by atoms with van der Waals surface area (Å²) in [6.07, 6.45) is 0. The Bertz CT molecular complexity index is 583. The molecule has 1 unspecified atom stereocenters. The zero-order valence-corrected chi connectivity index (χ0v) is 15.3. The van der Waals surface area contributed by atoms with E-state index >= 15 is 0 Å². The van der Waals surface area contributed by atoms with Gasteiger partial charge in [0.25, 0.3) is 0 Å². The smallest absolute Gasteiger partial charge is 0.120 e. The van der Waals surface area contributed by atoms with Crippen LogP contribution in [0.3, 0.4) is 0 Å². The van der Waals surface area contributed by atoms with Crippen molar-refractivity contribution in [2.24, 2.45) is 0 Å². The van der Waals surface area contributed by atoms with Crippen molar-refractivity contribution in [1.82, 2.24) is 0 Å². The van der Waals surface area contributed by atoms with Crippen LogP contribution >= 0.6 is 54.8 Å². The molecule has 2 rings (SSSR count). The molecule has 102 valence electrons. The molecule has 0 saturated carbocycles. The van der Waals surface area contributed by atoms with Crippen molar-refractivity contribution < 1.29 is 4.74 Å². The Balaban J connectivity index is 2.34. The van der Waals surface area contributed by atoms with Gasteiger partial charge in [0.05, 0.1) is 16.5 Å². The van der Waals surface area contributed by atoms with Gasteiger partial charge in [-0.1, -0.05) is 49.5 Å². The average molecular weight is 425 g/mol. The average Bonchev–Trinajstić information content (AvgIpc) is 2.70. The molecule has 0 aliphatic heterocycles. The van der Waals surface area contributed by atoms with Crippen molar-refractivity contribution in [2.75, 3.05) is 6.61 Å². The summed E-state index contributed by atoms with van der Waals surface area (Å²) in [5.41, 5.74) is 2.26. The highest BCUT2D eigenvalue weighted by Crippen LogP contribution is 2.43. The molecule has 1 atom stereocenters. The molecule has 0 fully saturated rings. The largest absolute Gasteiger partial charge is 0.494 e. The number of halogens is 3. The maximum Gasteiger partial charge on any atom is 0.120 e. The van der Waals surface area contributed by atoms with Gasteiger partial charge in [-0.05, 0) is 42.5 Å². The summed E-state index contributed by atoms with van der Waals surface area (Å²) >= 11 is 15.3. The number of hydrogen-bond donors (Lipinski definition) is 0. The first-order valence-electron chi connectivity index (χ1n) is 5.84. The molecule has 1 nitrogen and oxygen atoms in total. The number of aryl methyl sites for hydroxylation is 1. The van der Waals surface area contributed by atoms with Gasteiger partial charge in [0.15, 0.2) is 0 Å². The molecule has 0 bridgehead atoms. The quantitative estimate of drug-likeness (QED) is 0.519. The highest BCUT2D eigenvalue weighted by atomic mass is 79.9. The number of benzene rings is 1. The van der Waals surface area contributed by atoms with Crippen LogP contribution in [0.15, 0.2) is 28.1 Å². The molecular weight excluding hydrogens is 411 g/mol. The summed E-state index contributed by atoms with van der Waals surface area (Å²) in [5.74, 6) is 0.867. The summed E-state index contributed by atoms with van der Waals surface area (Å²) in [5, 5.41) is 2.92. The molecule has 0 saturated heterocycles. The summed E-state index contributed by atoms with van der Waals surface area (Å²) in [6, 6.07) is 6.02. The zero-order valence-electron chi connectivity index (χ0n) is 10.5. The molecule has 2 aromatic rings. The Labute approximate surface area is 139 Å². The summed E-state index contributed by atoms with van der Waals surface area (Å²) in [7, 11) is 0. The summed E-state index contributed by atoms with van der Waals surface area (Å²) in [6.45, 7) is 4.66. The van der Waals surface area contributed by atoms with E-state index in [1.807, 2.05) is 26.0 Å². The van der Waals surface area contributed by atoms with E-state index in [1.54, 1.807) is 11.3 Å². The SMILES string of the molecule is CCOc1ccc(C(Br)c2scc(C)c2Cl)c(Br)c1. The van der Waals surface area contributed by atoms with Crippen LogP contribution < -0.4 is 4.74 Å². The van der Waals surface area contributed by atoms with Gasteiger partial charge in [-0.3, -0.25) is 0 Å². The van der Waals surface area contributed by atoms with Crippen LogP contribution in [-0.2, 0) is 0 Å². The van der Waals surface area contributed by atoms with Gasteiger partial charge in [-0.2, -0.15) is 0 Å². The normalized spacial score (nSPS) is 12.5. The number of ether oxygens (including phenoxy) is 1. The van der Waals surface area contributed by atoms with Crippen molar-refractivity contribution in [2.45, 2.75) is 18.7 Å². The lowest BCUT2D eigenvalue weighted by molar-refractivity contribution is 0.340. The Morgan fingerprint density at radius 1 is 1.42 bits per heavy atom. The number of thiophene rings is 1. The third kappa shape index (κ3) is 3.35. The monoisotopic (exact) mass is 422 g/mol. The van der Waals surface area contributed by atoms with Gasteiger partial charge in [-0.25, -0.2) is 0 Å². The highest BCUT2D eigenvalue weighted by molar-refractivity contribution is 9.11. The predicted molar refractivity (Wildman–Crippen MR) is 90.1 cm³/mol. The molecule has 1 aromatic heterocycles. The fourth-order valence-corrected chi connectivity index (χ4v) is 5.00. The standard InChI is InChI=1S/C14H13Br2ClOS/c1-3-18-9-4-5-10(11(15)6-9)12(16)14-13(17)8(2)7-19-14/h4-7,12H,3H2,1-2H3. The minimum Gasteiger partial charge on any atom is -0.494 e. The molecule has 19 heavy (non-hydrogen) atoms. The van der Waals surface area contributed by atoms with E-state index in [0.717, 1.165) is 31.2 Å². The zero-order chi connectivity index (χ0) is 14.0. The molecule has 0 amide bonds. The van der Waals surface area contributed by atoms with Crippen molar-refractivity contribution in [1.29, 1.82) is 0 Å². The minimum absolute atomic E-state index is 0.0868. The lowest BCUT2D eigenvalue weighted by atomic mass is 10.1. The molecule has 0 aliphatic carbocycles. The van der Waals surface area contributed by atoms with Gasteiger partial charge in [0.2, 0.25) is 0 Å². The molecule has 1 heterocycles. The third-order valence-corrected chi connectivity index (χ3v) is 6.43. The van der Waals surface area contributed by atoms with E-state index in [2.05, 4.69) is 43.3 Å². The van der Waals surface area contributed by atoms with E-state index < -0.39 is 0 Å². The predicted octanol–water partition coefficient (Wildman–Crippen LogP) is 6.36. The van der Waals surface area contributed by atoms with Crippen LogP contribution in [0.2, 0.25) is 5.02 Å². The van der Waals surface area contributed by atoms with E-state index in [4.69, 9.17) is 16.3 Å². The van der Waals surface area contributed by atoms with Crippen LogP contribution in [0, 0.1) is 6.92 Å². The lowest BCUT2D eigenvalue weighted by Crippen LogP contribution is -1.95. The van der Waals surface area contributed by atoms with Gasteiger partial charge in [-0.15, -0.1) is 11.3 Å². The summed E-state index contributed by atoms with van der Waals surface area (Å²) < 4.78 is 6.50. The fraction of sp³-hybridized carbons (Fsp3) is 0.286. The maximum atomic E-state index is 6.33. The number of rotatable bonds is 4. The van der Waals surface area contributed by atoms with Crippen LogP contribution in [0.5, 0.6) is 5.75 Å². The maximum absolute atomic E-state index is 6.33. The van der Waals surface area contributed by atoms with Crippen molar-refractivity contribution in [3.63, 3.8) is 0 Å². The van der Waals surface area contributed by atoms with E-state index in [9.17, 15) is 0 Å². The van der Waals surface area contributed by atoms with E-state index in [-0.39, 0.29) is 4.83 Å². The van der Waals surface area contributed by atoms with Gasteiger partial charge >= 0.3 is 0 Å². The number of alkyl halides is 1. The van der Waals surface area contributed by atoms with E-state index in [1.165, 1.54) is 0 Å². The Kier molecular flexibility index (Phi) is 5.35. The second-order valence-electron chi connectivity index (χ2n) is 4.08. The van der Waals surface area contributed by atoms with Crippen LogP contribution in [0.1, 0.15) is 27.8 Å². The molecule has 0 aliphatic rings. The second-order valence-corrected chi connectivity index (χ2v) is 7.14. The van der Waals surface area contributed by atoms with Gasteiger partial charge < -0.3 is 4.74 Å². The molecule has 0 N–H and O–H groups in total. The molecule has 5 heteroatoms. The Morgan fingerprint density at radius 3 is 2.68 bits per heavy atom. The first-order valence-corrected chi connectivity index (χ1v) is 8.81. The molecule has 0 radical (unpaired) electrons. The molecule has 1 aromatic carbocycles. The topological polar surface area (TPSA) is 9.23 Å². The van der Waals surface area contributed by atoms with Gasteiger partial charge in [0.1, 0.15) is 5.75 Å². The fourth-order valence-electron chi connectivity index (χ4n) is 1.73. The first-order chi connectivity index (χ1) is 9.04. The lowest BCUT2D eigenvalue weighted by Gasteiger charge is -2.13. The van der Waals surface area contributed by atoms with Crippen LogP contribution in [0.4, 0.5) is 0 Å². The van der Waals surface area contributed by atoms with Crippen molar-refractivity contribution >= 4 is 54.8 Å². The Hall–Kier alpha value is -0.0300. The van der Waals surface area contributed by atoms with Crippen molar-refractivity contribution in [3.8, 4) is 5.75 Å². The Morgan fingerprint density at radius 2 is 2.16 bits per heavy atom. The molecular formula is C14H13Br2ClOS. The van der Waals surface area contributed by atoms with Crippen molar-refractivity contribution in [3.05, 3.63) is 49.1 Å². The number of hydrogen-bond acceptors (Lipinski definition) is 2. The minimum atomic E-state index is 0.0868. The summed E-state index contributed by atoms with van der Waals surface area (Å²) in [4.78, 5) is 1.22. The highest BCUT2D eigenvalue weighted by Gasteiger charge is 2.19.